The van der Waals surface area contributed by atoms with Crippen LogP contribution in [0.15, 0.2) is 24.3 Å². The average molecular weight is 415 g/mol. The molecular formula is C20H17F6N2O. The van der Waals surface area contributed by atoms with E-state index in [-0.39, 0.29) is 10.9 Å². The number of aliphatic hydroxyl groups is 1. The van der Waals surface area contributed by atoms with Crippen molar-refractivity contribution in [3.05, 3.63) is 72.2 Å². The Labute approximate surface area is 164 Å². The number of para-hydroxylation sites is 1. The fourth-order valence-corrected chi connectivity index (χ4v) is 3.27. The highest BCUT2D eigenvalue weighted by atomic mass is 19.4. The molecule has 1 aliphatic rings. The van der Waals surface area contributed by atoms with Gasteiger partial charge in [-0.25, -0.2) is 4.98 Å². The van der Waals surface area contributed by atoms with Crippen LogP contribution in [0, 0.1) is 31.1 Å². The maximum atomic E-state index is 13.4. The summed E-state index contributed by atoms with van der Waals surface area (Å²) in [5, 5.41) is 10.7. The van der Waals surface area contributed by atoms with Gasteiger partial charge in [0.25, 0.3) is 0 Å². The van der Waals surface area contributed by atoms with Crippen LogP contribution in [-0.2, 0) is 12.4 Å². The van der Waals surface area contributed by atoms with Gasteiger partial charge in [0.05, 0.1) is 17.2 Å². The molecule has 1 aliphatic carbocycles. The summed E-state index contributed by atoms with van der Waals surface area (Å²) in [6.45, 7) is 0.405. The lowest BCUT2D eigenvalue weighted by Crippen LogP contribution is -2.25. The predicted molar refractivity (Wildman–Crippen MR) is 94.6 cm³/mol. The maximum Gasteiger partial charge on any atom is 0.433 e. The first-order valence-corrected chi connectivity index (χ1v) is 8.55. The SMILES string of the molecule is CN(C)C[C]1[CH][CH][CH][C]1[C@H](O)c1cc(C(F)(F)F)nc2c(C(F)(F)F)cccc12. The number of fused-ring (bicyclic) bond motifs is 1. The van der Waals surface area contributed by atoms with Crippen molar-refractivity contribution in [2.45, 2.75) is 18.5 Å². The molecule has 1 fully saturated rings. The van der Waals surface area contributed by atoms with Crippen molar-refractivity contribution in [3.8, 4) is 0 Å². The zero-order valence-corrected chi connectivity index (χ0v) is 15.4. The molecule has 1 aromatic heterocycles. The minimum absolute atomic E-state index is 0.183. The molecule has 9 heteroatoms. The Bertz CT molecular complexity index is 878. The largest absolute Gasteiger partial charge is 0.433 e. The van der Waals surface area contributed by atoms with Crippen LogP contribution in [0.5, 0.6) is 0 Å². The van der Waals surface area contributed by atoms with E-state index in [2.05, 4.69) is 4.98 Å². The highest BCUT2D eigenvalue weighted by Gasteiger charge is 2.41. The van der Waals surface area contributed by atoms with E-state index in [0.717, 1.165) is 6.07 Å². The summed E-state index contributed by atoms with van der Waals surface area (Å²) in [5.41, 5.74) is -3.90. The second-order valence-corrected chi connectivity index (χ2v) is 6.94. The Hall–Kier alpha value is -1.87. The Morgan fingerprint density at radius 2 is 1.72 bits per heavy atom. The molecule has 3 nitrogen and oxygen atoms in total. The molecule has 155 valence electrons. The lowest BCUT2D eigenvalue weighted by atomic mass is 9.85. The summed E-state index contributed by atoms with van der Waals surface area (Å²) in [6.07, 6.45) is -6.54. The minimum atomic E-state index is -4.97. The molecule has 1 atom stereocenters. The van der Waals surface area contributed by atoms with Crippen molar-refractivity contribution in [2.24, 2.45) is 0 Å². The minimum Gasteiger partial charge on any atom is -0.388 e. The lowest BCUT2D eigenvalue weighted by Gasteiger charge is -2.27. The van der Waals surface area contributed by atoms with E-state index in [1.54, 1.807) is 31.8 Å². The van der Waals surface area contributed by atoms with E-state index in [9.17, 15) is 31.4 Å². The fraction of sp³-hybridized carbons (Fsp3) is 0.300. The van der Waals surface area contributed by atoms with Gasteiger partial charge >= 0.3 is 12.4 Å². The van der Waals surface area contributed by atoms with Gasteiger partial charge in [-0.15, -0.1) is 0 Å². The van der Waals surface area contributed by atoms with E-state index < -0.39 is 35.2 Å². The average Bonchev–Trinajstić information content (AvgIpc) is 3.05. The van der Waals surface area contributed by atoms with Crippen LogP contribution in [-0.4, -0.2) is 35.6 Å². The van der Waals surface area contributed by atoms with Crippen LogP contribution >= 0.6 is 0 Å². The van der Waals surface area contributed by atoms with Crippen molar-refractivity contribution >= 4 is 10.9 Å². The van der Waals surface area contributed by atoms with Crippen LogP contribution in [0.1, 0.15) is 22.9 Å². The number of aliphatic hydroxyl groups excluding tert-OH is 1. The summed E-state index contributed by atoms with van der Waals surface area (Å²) in [4.78, 5) is 5.05. The van der Waals surface area contributed by atoms with E-state index in [4.69, 9.17) is 0 Å². The second-order valence-electron chi connectivity index (χ2n) is 6.94. The summed E-state index contributed by atoms with van der Waals surface area (Å²) in [6, 6.07) is 3.60. The Morgan fingerprint density at radius 3 is 2.31 bits per heavy atom. The predicted octanol–water partition coefficient (Wildman–Crippen LogP) is 4.64. The molecule has 1 N–H and O–H groups in total. The summed E-state index contributed by atoms with van der Waals surface area (Å²) in [5.74, 6) is 0.990. The number of pyridine rings is 1. The molecule has 3 rings (SSSR count). The molecule has 0 spiro atoms. The zero-order valence-electron chi connectivity index (χ0n) is 15.4. The van der Waals surface area contributed by atoms with Crippen LogP contribution in [0.25, 0.3) is 10.9 Å². The molecule has 5 radical (unpaired) electrons. The summed E-state index contributed by atoms with van der Waals surface area (Å²) in [7, 11) is 3.56. The first-order chi connectivity index (χ1) is 13.4. The van der Waals surface area contributed by atoms with Crippen molar-refractivity contribution in [2.75, 3.05) is 20.6 Å². The van der Waals surface area contributed by atoms with Gasteiger partial charge < -0.3 is 10.0 Å². The van der Waals surface area contributed by atoms with E-state index in [0.29, 0.717) is 30.5 Å². The van der Waals surface area contributed by atoms with Crippen molar-refractivity contribution in [1.29, 1.82) is 0 Å². The highest BCUT2D eigenvalue weighted by molar-refractivity contribution is 5.86. The molecule has 0 amide bonds. The number of aromatic nitrogens is 1. The third-order valence-electron chi connectivity index (χ3n) is 4.49. The molecule has 0 unspecified atom stereocenters. The van der Waals surface area contributed by atoms with Gasteiger partial charge in [-0.05, 0) is 51.1 Å². The molecular weight excluding hydrogens is 398 g/mol. The van der Waals surface area contributed by atoms with Crippen molar-refractivity contribution in [3.63, 3.8) is 0 Å². The number of alkyl halides is 6. The van der Waals surface area contributed by atoms with Gasteiger partial charge in [0.2, 0.25) is 0 Å². The van der Waals surface area contributed by atoms with Gasteiger partial charge in [-0.3, -0.25) is 0 Å². The molecule has 2 aromatic rings. The Kier molecular flexibility index (Phi) is 5.84. The van der Waals surface area contributed by atoms with E-state index in [1.807, 2.05) is 0 Å². The molecule has 0 bridgehead atoms. The van der Waals surface area contributed by atoms with E-state index >= 15 is 0 Å². The third-order valence-corrected chi connectivity index (χ3v) is 4.49. The van der Waals surface area contributed by atoms with Crippen molar-refractivity contribution in [1.82, 2.24) is 9.88 Å². The van der Waals surface area contributed by atoms with Crippen LogP contribution in [0.4, 0.5) is 26.3 Å². The van der Waals surface area contributed by atoms with E-state index in [1.165, 1.54) is 12.5 Å². The van der Waals surface area contributed by atoms with Crippen LogP contribution < -0.4 is 0 Å². The lowest BCUT2D eigenvalue weighted by molar-refractivity contribution is -0.142. The van der Waals surface area contributed by atoms with Gasteiger partial charge in [0, 0.05) is 23.8 Å². The van der Waals surface area contributed by atoms with Gasteiger partial charge in [-0.1, -0.05) is 12.1 Å². The number of nitrogens with zero attached hydrogens (tertiary/aromatic N) is 2. The first-order valence-electron chi connectivity index (χ1n) is 8.55. The second kappa shape index (κ2) is 7.75. The molecule has 0 saturated heterocycles. The zero-order chi connectivity index (χ0) is 21.6. The highest BCUT2D eigenvalue weighted by Crippen LogP contribution is 2.45. The number of halogens is 6. The Morgan fingerprint density at radius 1 is 1.03 bits per heavy atom. The summed E-state index contributed by atoms with van der Waals surface area (Å²) >= 11 is 0. The number of rotatable bonds is 4. The summed E-state index contributed by atoms with van der Waals surface area (Å²) < 4.78 is 80.2. The van der Waals surface area contributed by atoms with Gasteiger partial charge in [0.15, 0.2) is 0 Å². The molecule has 1 aromatic carbocycles. The molecule has 1 saturated carbocycles. The number of benzene rings is 1. The number of hydrogen-bond acceptors (Lipinski definition) is 3. The molecule has 1 heterocycles. The third kappa shape index (κ3) is 4.50. The number of hydrogen-bond donors (Lipinski definition) is 1. The monoisotopic (exact) mass is 415 g/mol. The smallest absolute Gasteiger partial charge is 0.388 e. The van der Waals surface area contributed by atoms with Crippen molar-refractivity contribution < 1.29 is 31.4 Å². The quantitative estimate of drug-likeness (QED) is 0.739. The first kappa shape index (κ1) is 21.8. The fourth-order valence-electron chi connectivity index (χ4n) is 3.27. The Balaban J connectivity index is 2.18. The van der Waals surface area contributed by atoms with Crippen LogP contribution in [0.2, 0.25) is 0 Å². The molecule has 29 heavy (non-hydrogen) atoms. The van der Waals surface area contributed by atoms with Gasteiger partial charge in [-0.2, -0.15) is 26.3 Å². The standard InChI is InChI=1S/C20H17F6N2O/c1-28(2)10-11-5-3-6-12(11)18(29)14-9-16(20(24,25)26)27-17-13(14)7-4-8-15(17)19(21,22)23/h3-9,18,29H,10H2,1-2H3/t18-/m0/s1. The normalized spacial score (nSPS) is 18.1. The molecule has 0 aliphatic heterocycles. The van der Waals surface area contributed by atoms with Crippen LogP contribution in [0.3, 0.4) is 0 Å². The maximum absolute atomic E-state index is 13.4. The topological polar surface area (TPSA) is 36.4 Å². The van der Waals surface area contributed by atoms with Gasteiger partial charge in [0.1, 0.15) is 5.69 Å².